The summed E-state index contributed by atoms with van der Waals surface area (Å²) in [6, 6.07) is 17.4. The molecule has 33 heavy (non-hydrogen) atoms. The van der Waals surface area contributed by atoms with Crippen LogP contribution in [0, 0.1) is 0 Å². The summed E-state index contributed by atoms with van der Waals surface area (Å²) in [7, 11) is 0. The first-order valence-electron chi connectivity index (χ1n) is 10.5. The molecule has 3 aromatic rings. The lowest BCUT2D eigenvalue weighted by atomic mass is 9.97. The van der Waals surface area contributed by atoms with Gasteiger partial charge in [-0.25, -0.2) is 0 Å². The largest absolute Gasteiger partial charge is 0.504 e. The van der Waals surface area contributed by atoms with Crippen LogP contribution in [-0.2, 0) is 6.18 Å². The van der Waals surface area contributed by atoms with Crippen molar-refractivity contribution < 1.29 is 28.3 Å². The number of benzene rings is 3. The number of ether oxygens (including phenoxy) is 1. The Balaban J connectivity index is 1.73. The highest BCUT2D eigenvalue weighted by Crippen LogP contribution is 2.36. The Bertz CT molecular complexity index is 1150. The predicted octanol–water partition coefficient (Wildman–Crippen LogP) is 5.41. The summed E-state index contributed by atoms with van der Waals surface area (Å²) in [6.07, 6.45) is -2.82. The molecule has 8 heteroatoms. The van der Waals surface area contributed by atoms with E-state index in [0.29, 0.717) is 28.5 Å². The molecule has 1 heterocycles. The smallest absolute Gasteiger partial charge is 0.416 e. The summed E-state index contributed by atoms with van der Waals surface area (Å²) in [5.41, 5.74) is 2.27. The molecule has 4 nitrogen and oxygen atoms in total. The average molecular weight is 476 g/mol. The number of rotatable bonds is 5. The monoisotopic (exact) mass is 475 g/mol. The normalized spacial score (nSPS) is 18.4. The average Bonchev–Trinajstić information content (AvgIpc) is 2.80. The Labute approximate surface area is 194 Å². The van der Waals surface area contributed by atoms with Gasteiger partial charge in [0.05, 0.1) is 17.7 Å². The van der Waals surface area contributed by atoms with Crippen molar-refractivity contribution in [1.29, 1.82) is 0 Å². The molecule has 0 aromatic heterocycles. The third-order valence-corrected chi connectivity index (χ3v) is 5.75. The summed E-state index contributed by atoms with van der Waals surface area (Å²) in [5.74, 6) is 0.426. The summed E-state index contributed by atoms with van der Waals surface area (Å²) in [5, 5.41) is 16.8. The third kappa shape index (κ3) is 5.10. The van der Waals surface area contributed by atoms with Crippen LogP contribution in [0.2, 0.25) is 5.02 Å². The van der Waals surface area contributed by atoms with E-state index in [1.807, 2.05) is 36.5 Å². The number of alkyl halides is 3. The van der Waals surface area contributed by atoms with Gasteiger partial charge in [0.1, 0.15) is 6.04 Å². The van der Waals surface area contributed by atoms with Gasteiger partial charge in [0.15, 0.2) is 17.7 Å². The van der Waals surface area contributed by atoms with Gasteiger partial charge in [-0.1, -0.05) is 41.9 Å². The van der Waals surface area contributed by atoms with Gasteiger partial charge in [-0.15, -0.1) is 0 Å². The van der Waals surface area contributed by atoms with Gasteiger partial charge < -0.3 is 20.5 Å². The molecule has 0 saturated carbocycles. The van der Waals surface area contributed by atoms with Gasteiger partial charge >= 0.3 is 6.18 Å². The van der Waals surface area contributed by atoms with Crippen molar-refractivity contribution in [3.8, 4) is 11.5 Å². The van der Waals surface area contributed by atoms with Crippen LogP contribution in [-0.4, -0.2) is 11.7 Å². The van der Waals surface area contributed by atoms with Gasteiger partial charge in [-0.3, -0.25) is 0 Å². The summed E-state index contributed by atoms with van der Waals surface area (Å²) in [6.45, 7) is 2.24. The van der Waals surface area contributed by atoms with Gasteiger partial charge in [-0.2, -0.15) is 13.2 Å². The zero-order valence-corrected chi connectivity index (χ0v) is 18.5. The van der Waals surface area contributed by atoms with E-state index in [1.165, 1.54) is 12.1 Å². The number of hydrogen-bond acceptors (Lipinski definition) is 3. The number of hydrogen-bond donors (Lipinski definition) is 3. The Hall–Kier alpha value is -3.16. The van der Waals surface area contributed by atoms with E-state index in [1.54, 1.807) is 24.3 Å². The van der Waals surface area contributed by atoms with Crippen molar-refractivity contribution >= 4 is 17.3 Å². The van der Waals surface area contributed by atoms with Crippen LogP contribution in [0.3, 0.4) is 0 Å². The second-order valence-corrected chi connectivity index (χ2v) is 8.11. The molecular formula is C25H23ClF3N2O2+. The van der Waals surface area contributed by atoms with Crippen molar-refractivity contribution in [3.63, 3.8) is 0 Å². The van der Waals surface area contributed by atoms with Crippen LogP contribution >= 0.6 is 11.6 Å². The molecule has 0 amide bonds. The van der Waals surface area contributed by atoms with E-state index in [9.17, 15) is 18.3 Å². The fourth-order valence-electron chi connectivity index (χ4n) is 3.86. The molecule has 1 aliphatic rings. The quantitative estimate of drug-likeness (QED) is 0.462. The molecule has 0 spiro atoms. The second-order valence-electron chi connectivity index (χ2n) is 7.67. The number of nitrogens with one attached hydrogen (secondary N) is 1. The zero-order chi connectivity index (χ0) is 23.6. The predicted molar refractivity (Wildman–Crippen MR) is 121 cm³/mol. The third-order valence-electron chi connectivity index (χ3n) is 5.50. The minimum atomic E-state index is -4.40. The van der Waals surface area contributed by atoms with Crippen LogP contribution in [0.5, 0.6) is 11.5 Å². The van der Waals surface area contributed by atoms with Gasteiger partial charge in [-0.05, 0) is 48.9 Å². The van der Waals surface area contributed by atoms with Crippen molar-refractivity contribution in [1.82, 2.24) is 5.32 Å². The fourth-order valence-corrected chi connectivity index (χ4v) is 3.99. The van der Waals surface area contributed by atoms with Crippen LogP contribution in [0.1, 0.15) is 41.4 Å². The highest BCUT2D eigenvalue weighted by molar-refractivity contribution is 6.30. The van der Waals surface area contributed by atoms with E-state index >= 15 is 0 Å². The van der Waals surface area contributed by atoms with Crippen molar-refractivity contribution in [3.05, 3.63) is 100 Å². The number of aromatic hydroxyl groups is 1. The maximum absolute atomic E-state index is 13.0. The Morgan fingerprint density at radius 2 is 1.73 bits per heavy atom. The van der Waals surface area contributed by atoms with Crippen LogP contribution in [0.15, 0.2) is 72.8 Å². The molecule has 0 saturated heterocycles. The maximum Gasteiger partial charge on any atom is 0.416 e. The molecule has 2 unspecified atom stereocenters. The van der Waals surface area contributed by atoms with Crippen molar-refractivity contribution in [2.24, 2.45) is 0 Å². The number of halogens is 4. The summed E-state index contributed by atoms with van der Waals surface area (Å²) < 4.78 is 44.6. The minimum Gasteiger partial charge on any atom is -0.504 e. The molecule has 0 radical (unpaired) electrons. The van der Waals surface area contributed by atoms with Crippen LogP contribution in [0.25, 0.3) is 5.70 Å². The molecule has 0 fully saturated rings. The van der Waals surface area contributed by atoms with E-state index in [4.69, 9.17) is 16.3 Å². The van der Waals surface area contributed by atoms with Gasteiger partial charge in [0, 0.05) is 22.4 Å². The molecule has 3 aromatic carbocycles. The van der Waals surface area contributed by atoms with Gasteiger partial charge in [0.25, 0.3) is 0 Å². The Kier molecular flexibility index (Phi) is 6.54. The van der Waals surface area contributed by atoms with E-state index in [-0.39, 0.29) is 18.0 Å². The fraction of sp³-hybridized carbons (Fsp3) is 0.200. The first kappa shape index (κ1) is 23.0. The molecule has 1 aliphatic heterocycles. The van der Waals surface area contributed by atoms with Crippen molar-refractivity contribution in [2.75, 3.05) is 6.61 Å². The standard InChI is InChI=1S/C25H22ClF3N2O2/c1-2-33-22-5-3-4-19(23(22)32)21-14-20(15-8-12-18(26)13-9-15)30-24(31-21)16-6-10-17(11-7-16)25(27,28)29/h3-14,21,24,30-32H,2H2,1H3/p+1. The summed E-state index contributed by atoms with van der Waals surface area (Å²) >= 11 is 6.03. The zero-order valence-electron chi connectivity index (χ0n) is 17.7. The SMILES string of the molecule is CCOc1cccc(C2C=C(c3ccc(Cl)cc3)NC(c3ccc(C(F)(F)F)cc3)[NH2+]2)c1O. The van der Waals surface area contributed by atoms with Crippen molar-refractivity contribution in [2.45, 2.75) is 25.3 Å². The van der Waals surface area contributed by atoms with E-state index in [2.05, 4.69) is 5.32 Å². The molecule has 4 rings (SSSR count). The number of phenolic OH excluding ortho intramolecular Hbond substituents is 1. The van der Waals surface area contributed by atoms with Crippen LogP contribution < -0.4 is 15.4 Å². The maximum atomic E-state index is 13.0. The Morgan fingerprint density at radius 1 is 1.03 bits per heavy atom. The molecule has 4 N–H and O–H groups in total. The van der Waals surface area contributed by atoms with Gasteiger partial charge in [0.2, 0.25) is 0 Å². The molecule has 2 atom stereocenters. The molecule has 0 aliphatic carbocycles. The number of para-hydroxylation sites is 1. The number of nitrogens with two attached hydrogens (primary N) is 1. The first-order valence-corrected chi connectivity index (χ1v) is 10.8. The van der Waals surface area contributed by atoms with Crippen LogP contribution in [0.4, 0.5) is 13.2 Å². The molecular weight excluding hydrogens is 453 g/mol. The number of quaternary nitrogens is 1. The Morgan fingerprint density at radius 3 is 2.36 bits per heavy atom. The highest BCUT2D eigenvalue weighted by atomic mass is 35.5. The lowest BCUT2D eigenvalue weighted by Crippen LogP contribution is -2.89. The lowest BCUT2D eigenvalue weighted by Gasteiger charge is -2.30. The topological polar surface area (TPSA) is 58.1 Å². The van der Waals surface area contributed by atoms with E-state index in [0.717, 1.165) is 23.4 Å². The lowest BCUT2D eigenvalue weighted by molar-refractivity contribution is -0.731. The molecule has 172 valence electrons. The molecule has 0 bridgehead atoms. The second kappa shape index (κ2) is 9.37. The number of phenols is 1. The van der Waals surface area contributed by atoms with E-state index < -0.39 is 11.7 Å². The first-order chi connectivity index (χ1) is 15.8. The summed E-state index contributed by atoms with van der Waals surface area (Å²) in [4.78, 5) is 0. The highest BCUT2D eigenvalue weighted by Gasteiger charge is 2.33. The minimum absolute atomic E-state index is 0.0420.